The van der Waals surface area contributed by atoms with Crippen molar-refractivity contribution in [1.29, 1.82) is 0 Å². The lowest BCUT2D eigenvalue weighted by atomic mass is 10.2. The van der Waals surface area contributed by atoms with E-state index in [1.165, 1.54) is 0 Å². The van der Waals surface area contributed by atoms with Crippen LogP contribution in [0.25, 0.3) is 0 Å². The second kappa shape index (κ2) is 7.90. The molecule has 2 aromatic rings. The molecule has 0 aromatic heterocycles. The van der Waals surface area contributed by atoms with Crippen molar-refractivity contribution in [3.63, 3.8) is 0 Å². The van der Waals surface area contributed by atoms with Crippen molar-refractivity contribution >= 4 is 11.6 Å². The highest BCUT2D eigenvalue weighted by molar-refractivity contribution is 5.93. The van der Waals surface area contributed by atoms with Crippen LogP contribution in [0.2, 0.25) is 0 Å². The molecule has 1 heterocycles. The number of nitrogens with one attached hydrogen (secondary N) is 2. The molecule has 25 heavy (non-hydrogen) atoms. The minimum atomic E-state index is -0.204. The van der Waals surface area contributed by atoms with E-state index in [0.29, 0.717) is 23.8 Å². The van der Waals surface area contributed by atoms with Gasteiger partial charge in [-0.3, -0.25) is 4.79 Å². The number of carbonyl (C=O) groups excluding carboxylic acids is 1. The monoisotopic (exact) mass is 343 g/mol. The average molecular weight is 343 g/mol. The molecule has 0 saturated heterocycles. The van der Waals surface area contributed by atoms with E-state index in [1.54, 1.807) is 12.1 Å². The summed E-state index contributed by atoms with van der Waals surface area (Å²) in [5.74, 6) is 2.15. The van der Waals surface area contributed by atoms with Gasteiger partial charge in [-0.05, 0) is 31.2 Å². The molecule has 6 heteroatoms. The van der Waals surface area contributed by atoms with E-state index in [2.05, 4.69) is 5.32 Å². The van der Waals surface area contributed by atoms with E-state index < -0.39 is 0 Å². The molecule has 1 amide bonds. The number of likely N-dealkylation sites (N-methyl/N-ethyl adjacent to an activating group) is 1. The van der Waals surface area contributed by atoms with E-state index in [-0.39, 0.29) is 18.7 Å². The van der Waals surface area contributed by atoms with Crippen LogP contribution in [-0.2, 0) is 4.79 Å². The predicted octanol–water partition coefficient (Wildman–Crippen LogP) is 1.34. The van der Waals surface area contributed by atoms with Gasteiger partial charge in [0.1, 0.15) is 18.9 Å². The predicted molar refractivity (Wildman–Crippen MR) is 94.3 cm³/mol. The molecule has 0 spiro atoms. The molecule has 1 aliphatic rings. The first-order valence-electron chi connectivity index (χ1n) is 8.34. The summed E-state index contributed by atoms with van der Waals surface area (Å²) >= 11 is 0. The molecule has 1 unspecified atom stereocenters. The Morgan fingerprint density at radius 1 is 1.20 bits per heavy atom. The van der Waals surface area contributed by atoms with Crippen LogP contribution in [0, 0.1) is 0 Å². The van der Waals surface area contributed by atoms with Crippen molar-refractivity contribution in [2.45, 2.75) is 13.0 Å². The second-order valence-corrected chi connectivity index (χ2v) is 6.04. The largest absolute Gasteiger partial charge is 0.488 e. The Morgan fingerprint density at radius 3 is 2.76 bits per heavy atom. The number of ether oxygens (including phenoxy) is 3. The summed E-state index contributed by atoms with van der Waals surface area (Å²) in [7, 11) is 1.98. The molecule has 1 aliphatic heterocycles. The molecule has 2 N–H and O–H groups in total. The maximum absolute atomic E-state index is 12.4. The van der Waals surface area contributed by atoms with Gasteiger partial charge in [-0.15, -0.1) is 0 Å². The summed E-state index contributed by atoms with van der Waals surface area (Å²) in [5.41, 5.74) is 0.703. The summed E-state index contributed by atoms with van der Waals surface area (Å²) in [6, 6.07) is 14.9. The van der Waals surface area contributed by atoms with Crippen LogP contribution in [0.15, 0.2) is 48.5 Å². The van der Waals surface area contributed by atoms with Crippen LogP contribution in [0.5, 0.6) is 17.2 Å². The number of hydrogen-bond donors (Lipinski definition) is 2. The van der Waals surface area contributed by atoms with E-state index in [1.807, 2.05) is 50.4 Å². The number of rotatable bonds is 7. The Kier molecular flexibility index (Phi) is 5.40. The number of hydrogen-bond acceptors (Lipinski definition) is 4. The minimum Gasteiger partial charge on any atom is -0.488 e. The lowest BCUT2D eigenvalue weighted by Crippen LogP contribution is -3.14. The van der Waals surface area contributed by atoms with Gasteiger partial charge in [-0.1, -0.05) is 18.2 Å². The van der Waals surface area contributed by atoms with E-state index >= 15 is 0 Å². The first kappa shape index (κ1) is 17.1. The van der Waals surface area contributed by atoms with Crippen LogP contribution in [0.1, 0.15) is 6.92 Å². The zero-order chi connectivity index (χ0) is 17.6. The lowest BCUT2D eigenvalue weighted by molar-refractivity contribution is -0.894. The highest BCUT2D eigenvalue weighted by atomic mass is 16.7. The normalized spacial score (nSPS) is 14.6. The molecule has 0 bridgehead atoms. The quantitative estimate of drug-likeness (QED) is 0.796. The summed E-state index contributed by atoms with van der Waals surface area (Å²) in [5, 5.41) is 2.92. The molecule has 0 fully saturated rings. The standard InChI is InChI=1S/C19H22N2O4/c1-14(21(2)10-11-23-16-6-4-3-5-7-16)19(22)20-15-8-9-17-18(12-15)25-13-24-17/h3-9,12,14H,10-11,13H2,1-2H3,(H,20,22)/p+1/t14-/m1/s1. The van der Waals surface area contributed by atoms with Crippen LogP contribution >= 0.6 is 0 Å². The smallest absolute Gasteiger partial charge is 0.282 e. The summed E-state index contributed by atoms with van der Waals surface area (Å²) < 4.78 is 16.3. The van der Waals surface area contributed by atoms with E-state index in [9.17, 15) is 4.79 Å². The van der Waals surface area contributed by atoms with Crippen molar-refractivity contribution in [3.05, 3.63) is 48.5 Å². The van der Waals surface area contributed by atoms with Crippen molar-refractivity contribution < 1.29 is 23.9 Å². The minimum absolute atomic E-state index is 0.0453. The summed E-state index contributed by atoms with van der Waals surface area (Å²) in [6.45, 7) is 3.40. The molecule has 0 saturated carbocycles. The van der Waals surface area contributed by atoms with Crippen LogP contribution < -0.4 is 24.4 Å². The fraction of sp³-hybridized carbons (Fsp3) is 0.316. The average Bonchev–Trinajstić information content (AvgIpc) is 3.09. The number of carbonyl (C=O) groups is 1. The first-order valence-corrected chi connectivity index (χ1v) is 8.34. The summed E-state index contributed by atoms with van der Waals surface area (Å²) in [4.78, 5) is 13.5. The number of benzene rings is 2. The molecule has 0 aliphatic carbocycles. The third-order valence-corrected chi connectivity index (χ3v) is 4.28. The number of amides is 1. The summed E-state index contributed by atoms with van der Waals surface area (Å²) in [6.07, 6.45) is 0. The topological polar surface area (TPSA) is 61.2 Å². The fourth-order valence-corrected chi connectivity index (χ4v) is 2.51. The molecule has 6 nitrogen and oxygen atoms in total. The Bertz CT molecular complexity index is 721. The number of para-hydroxylation sites is 1. The molecule has 3 rings (SSSR count). The van der Waals surface area contributed by atoms with Crippen molar-refractivity contribution in [3.8, 4) is 17.2 Å². The van der Waals surface area contributed by atoms with Gasteiger partial charge in [0.05, 0.1) is 7.05 Å². The van der Waals surface area contributed by atoms with Crippen LogP contribution in [-0.4, -0.2) is 38.9 Å². The number of quaternary nitrogens is 1. The Labute approximate surface area is 147 Å². The number of fused-ring (bicyclic) bond motifs is 1. The van der Waals surface area contributed by atoms with E-state index in [0.717, 1.165) is 17.2 Å². The molecular formula is C19H23N2O4+. The van der Waals surface area contributed by atoms with Gasteiger partial charge < -0.3 is 24.4 Å². The van der Waals surface area contributed by atoms with Crippen LogP contribution in [0.4, 0.5) is 5.69 Å². The maximum Gasteiger partial charge on any atom is 0.282 e. The SMILES string of the molecule is C[C@H](C(=O)Nc1ccc2c(c1)OCO2)[NH+](C)CCOc1ccccc1. The first-order chi connectivity index (χ1) is 12.1. The van der Waals surface area contributed by atoms with Gasteiger partial charge >= 0.3 is 0 Å². The molecule has 0 radical (unpaired) electrons. The molecular weight excluding hydrogens is 320 g/mol. The Morgan fingerprint density at radius 2 is 1.96 bits per heavy atom. The fourth-order valence-electron chi connectivity index (χ4n) is 2.51. The van der Waals surface area contributed by atoms with Gasteiger partial charge in [0.2, 0.25) is 6.79 Å². The van der Waals surface area contributed by atoms with Gasteiger partial charge in [0, 0.05) is 11.8 Å². The van der Waals surface area contributed by atoms with Gasteiger partial charge in [-0.2, -0.15) is 0 Å². The third kappa shape index (κ3) is 4.42. The Balaban J connectivity index is 1.47. The zero-order valence-electron chi connectivity index (χ0n) is 14.5. The third-order valence-electron chi connectivity index (χ3n) is 4.28. The van der Waals surface area contributed by atoms with E-state index in [4.69, 9.17) is 14.2 Å². The van der Waals surface area contributed by atoms with Crippen molar-refractivity contribution in [2.24, 2.45) is 0 Å². The highest BCUT2D eigenvalue weighted by Gasteiger charge is 2.22. The molecule has 2 atom stereocenters. The zero-order valence-corrected chi connectivity index (χ0v) is 14.5. The molecule has 132 valence electrons. The maximum atomic E-state index is 12.4. The van der Waals surface area contributed by atoms with Gasteiger partial charge in [-0.25, -0.2) is 0 Å². The second-order valence-electron chi connectivity index (χ2n) is 6.04. The number of anilines is 1. The Hall–Kier alpha value is -2.73. The van der Waals surface area contributed by atoms with Crippen molar-refractivity contribution in [1.82, 2.24) is 0 Å². The van der Waals surface area contributed by atoms with Crippen LogP contribution in [0.3, 0.4) is 0 Å². The van der Waals surface area contributed by atoms with Gasteiger partial charge in [0.25, 0.3) is 5.91 Å². The lowest BCUT2D eigenvalue weighted by Gasteiger charge is -2.21. The van der Waals surface area contributed by atoms with Gasteiger partial charge in [0.15, 0.2) is 17.5 Å². The van der Waals surface area contributed by atoms with Crippen molar-refractivity contribution in [2.75, 3.05) is 32.3 Å². The highest BCUT2D eigenvalue weighted by Crippen LogP contribution is 2.34. The molecule has 2 aromatic carbocycles.